The van der Waals surface area contributed by atoms with Gasteiger partial charge in [-0.25, -0.2) is 9.79 Å². The number of isocyanates is 1. The minimum absolute atomic E-state index is 0.501. The molecule has 0 atom stereocenters. The Morgan fingerprint density at radius 3 is 3.09 bits per heavy atom. The second-order valence-electron chi connectivity index (χ2n) is 2.06. The van der Waals surface area contributed by atoms with Crippen LogP contribution in [0.15, 0.2) is 23.2 Å². The number of carbonyl (C=O) groups excluding carboxylic acids is 1. The predicted octanol–water partition coefficient (Wildman–Crippen LogP) is 1.17. The first-order valence-corrected chi connectivity index (χ1v) is 3.34. The minimum atomic E-state index is 0.501. The van der Waals surface area contributed by atoms with Gasteiger partial charge in [-0.2, -0.15) is 0 Å². The minimum Gasteiger partial charge on any atom is -0.211 e. The fraction of sp³-hybridized carbons (Fsp3) is 0.222. The molecular formula is C9H7NO. The quantitative estimate of drug-likeness (QED) is 0.463. The van der Waals surface area contributed by atoms with Crippen LogP contribution in [0.1, 0.15) is 5.56 Å². The van der Waals surface area contributed by atoms with Crippen molar-refractivity contribution in [2.24, 2.45) is 4.99 Å². The maximum absolute atomic E-state index is 9.69. The van der Waals surface area contributed by atoms with Gasteiger partial charge in [0.25, 0.3) is 0 Å². The lowest BCUT2D eigenvalue weighted by Gasteiger charge is -1.91. The van der Waals surface area contributed by atoms with Gasteiger partial charge in [0.05, 0.1) is 6.54 Å². The molecule has 0 bridgehead atoms. The molecular weight excluding hydrogens is 138 g/mol. The number of rotatable bonds is 3. The smallest absolute Gasteiger partial charge is 0.211 e. The lowest BCUT2D eigenvalue weighted by molar-refractivity contribution is 0.563. The van der Waals surface area contributed by atoms with Crippen molar-refractivity contribution < 1.29 is 4.79 Å². The van der Waals surface area contributed by atoms with Gasteiger partial charge in [0.1, 0.15) is 0 Å². The molecule has 0 saturated carbocycles. The molecule has 54 valence electrons. The van der Waals surface area contributed by atoms with Gasteiger partial charge in [-0.3, -0.25) is 0 Å². The number of hydrogen-bond acceptors (Lipinski definition) is 2. The fourth-order valence-corrected chi connectivity index (χ4v) is 0.765. The summed E-state index contributed by atoms with van der Waals surface area (Å²) in [6, 6.07) is 11.2. The molecule has 1 rings (SSSR count). The van der Waals surface area contributed by atoms with E-state index in [-0.39, 0.29) is 0 Å². The molecule has 0 aliphatic heterocycles. The Labute approximate surface area is 65.6 Å². The number of hydrogen-bond donors (Lipinski definition) is 0. The van der Waals surface area contributed by atoms with Crippen LogP contribution in [0, 0.1) is 12.1 Å². The summed E-state index contributed by atoms with van der Waals surface area (Å²) in [5.41, 5.74) is 1.11. The number of nitrogens with zero attached hydrogens (tertiary/aromatic N) is 1. The largest absolute Gasteiger partial charge is 0.234 e. The van der Waals surface area contributed by atoms with Crippen molar-refractivity contribution in [3.63, 3.8) is 0 Å². The van der Waals surface area contributed by atoms with Crippen LogP contribution in [-0.4, -0.2) is 12.6 Å². The van der Waals surface area contributed by atoms with E-state index < -0.39 is 0 Å². The van der Waals surface area contributed by atoms with Gasteiger partial charge in [0.15, 0.2) is 0 Å². The molecule has 2 heteroatoms. The van der Waals surface area contributed by atoms with E-state index in [1.54, 1.807) is 6.07 Å². The molecule has 0 aromatic heterocycles. The van der Waals surface area contributed by atoms with Gasteiger partial charge in [-0.05, 0) is 30.2 Å². The highest BCUT2D eigenvalue weighted by Crippen LogP contribution is 1.95. The lowest BCUT2D eigenvalue weighted by atomic mass is 10.2. The number of aliphatic imine (C=N–C) groups is 1. The average molecular weight is 145 g/mol. The average Bonchev–Trinajstić information content (AvgIpc) is 2.07. The summed E-state index contributed by atoms with van der Waals surface area (Å²) in [7, 11) is 0. The standard InChI is InChI=1S/C9H7NO/c11-8-10-7-6-9-4-2-1-3-5-9/h2,4-5H,6-7H2. The third-order valence-corrected chi connectivity index (χ3v) is 1.30. The molecule has 0 aliphatic carbocycles. The second kappa shape index (κ2) is 4.27. The third-order valence-electron chi connectivity index (χ3n) is 1.30. The van der Waals surface area contributed by atoms with Crippen LogP contribution in [0.3, 0.4) is 0 Å². The molecule has 0 heterocycles. The van der Waals surface area contributed by atoms with E-state index >= 15 is 0 Å². The first-order chi connectivity index (χ1) is 5.43. The Balaban J connectivity index is 2.45. The van der Waals surface area contributed by atoms with Crippen LogP contribution in [0.5, 0.6) is 0 Å². The molecule has 1 aromatic rings. The maximum Gasteiger partial charge on any atom is 0.234 e. The molecule has 0 N–H and O–H groups in total. The summed E-state index contributed by atoms with van der Waals surface area (Å²) in [5.74, 6) is 0. The zero-order valence-corrected chi connectivity index (χ0v) is 6.00. The Morgan fingerprint density at radius 1 is 1.55 bits per heavy atom. The van der Waals surface area contributed by atoms with Crippen LogP contribution < -0.4 is 0 Å². The molecule has 0 fully saturated rings. The van der Waals surface area contributed by atoms with Crippen molar-refractivity contribution >= 4 is 6.08 Å². The summed E-state index contributed by atoms with van der Waals surface area (Å²) >= 11 is 0. The zero-order valence-electron chi connectivity index (χ0n) is 6.00. The molecule has 0 unspecified atom stereocenters. The molecule has 0 aliphatic rings. The zero-order chi connectivity index (χ0) is 7.94. The van der Waals surface area contributed by atoms with Gasteiger partial charge in [0, 0.05) is 0 Å². The normalized spacial score (nSPS) is 8.00. The van der Waals surface area contributed by atoms with E-state index in [2.05, 4.69) is 17.1 Å². The molecule has 11 heavy (non-hydrogen) atoms. The second-order valence-corrected chi connectivity index (χ2v) is 2.06. The topological polar surface area (TPSA) is 29.4 Å². The van der Waals surface area contributed by atoms with Gasteiger partial charge >= 0.3 is 0 Å². The molecule has 2 nitrogen and oxygen atoms in total. The van der Waals surface area contributed by atoms with Gasteiger partial charge in [-0.1, -0.05) is 12.1 Å². The van der Waals surface area contributed by atoms with Crippen LogP contribution in [0.25, 0.3) is 0 Å². The van der Waals surface area contributed by atoms with E-state index in [1.165, 1.54) is 6.08 Å². The Kier molecular flexibility index (Phi) is 2.92. The van der Waals surface area contributed by atoms with E-state index in [4.69, 9.17) is 0 Å². The third kappa shape index (κ3) is 2.66. The van der Waals surface area contributed by atoms with Crippen LogP contribution in [0.2, 0.25) is 0 Å². The van der Waals surface area contributed by atoms with Crippen LogP contribution in [-0.2, 0) is 11.2 Å². The van der Waals surface area contributed by atoms with Crippen molar-refractivity contribution in [3.8, 4) is 0 Å². The van der Waals surface area contributed by atoms with E-state index in [0.717, 1.165) is 12.0 Å². The van der Waals surface area contributed by atoms with E-state index in [1.807, 2.05) is 12.1 Å². The van der Waals surface area contributed by atoms with Gasteiger partial charge < -0.3 is 0 Å². The van der Waals surface area contributed by atoms with Crippen molar-refractivity contribution in [1.29, 1.82) is 0 Å². The highest BCUT2D eigenvalue weighted by molar-refractivity contribution is 5.32. The SMILES string of the molecule is O=C=NCCc1cc#ccc1. The fourth-order valence-electron chi connectivity index (χ4n) is 0.765. The Bertz CT molecular complexity index is 250. The molecule has 0 amide bonds. The Morgan fingerprint density at radius 2 is 2.45 bits per heavy atom. The van der Waals surface area contributed by atoms with Gasteiger partial charge in [-0.15, -0.1) is 0 Å². The highest BCUT2D eigenvalue weighted by Gasteiger charge is 1.87. The summed E-state index contributed by atoms with van der Waals surface area (Å²) in [4.78, 5) is 13.1. The van der Waals surface area contributed by atoms with Crippen molar-refractivity contribution in [1.82, 2.24) is 0 Å². The summed E-state index contributed by atoms with van der Waals surface area (Å²) in [6.45, 7) is 0.501. The monoisotopic (exact) mass is 145 g/mol. The summed E-state index contributed by atoms with van der Waals surface area (Å²) in [6.07, 6.45) is 2.26. The molecule has 1 aromatic carbocycles. The molecule has 0 radical (unpaired) electrons. The van der Waals surface area contributed by atoms with E-state index in [0.29, 0.717) is 6.54 Å². The first kappa shape index (κ1) is 7.53. The van der Waals surface area contributed by atoms with Crippen molar-refractivity contribution in [2.45, 2.75) is 6.42 Å². The van der Waals surface area contributed by atoms with Crippen molar-refractivity contribution in [2.75, 3.05) is 6.54 Å². The molecule has 0 saturated heterocycles. The van der Waals surface area contributed by atoms with Crippen LogP contribution in [0.4, 0.5) is 0 Å². The predicted molar refractivity (Wildman–Crippen MR) is 40.8 cm³/mol. The highest BCUT2D eigenvalue weighted by atomic mass is 16.1. The van der Waals surface area contributed by atoms with Crippen LogP contribution >= 0.6 is 0 Å². The molecule has 0 spiro atoms. The van der Waals surface area contributed by atoms with Gasteiger partial charge in [0.2, 0.25) is 6.08 Å². The summed E-state index contributed by atoms with van der Waals surface area (Å²) < 4.78 is 0. The summed E-state index contributed by atoms with van der Waals surface area (Å²) in [5, 5.41) is 0. The Hall–Kier alpha value is -1.58. The lowest BCUT2D eigenvalue weighted by Crippen LogP contribution is -1.86. The maximum atomic E-state index is 9.69. The van der Waals surface area contributed by atoms with E-state index in [9.17, 15) is 4.79 Å². The first-order valence-electron chi connectivity index (χ1n) is 3.34. The van der Waals surface area contributed by atoms with Crippen molar-refractivity contribution in [3.05, 3.63) is 35.9 Å².